The molecule has 2 aliphatic carbocycles. The average Bonchev–Trinajstić information content (AvgIpc) is 2.47. The molecule has 1 aromatic carbocycles. The van der Waals surface area contributed by atoms with Gasteiger partial charge in [-0.05, 0) is 0 Å². The first-order valence-corrected chi connectivity index (χ1v) is 9.33. The van der Waals surface area contributed by atoms with Gasteiger partial charge >= 0.3 is 149 Å². The normalized spacial score (nSPS) is 20.4. The molecule has 0 saturated carbocycles. The summed E-state index contributed by atoms with van der Waals surface area (Å²) in [6.45, 7) is 11.5. The third-order valence-electron chi connectivity index (χ3n) is 5.14. The van der Waals surface area contributed by atoms with Crippen molar-refractivity contribution < 1.29 is 0 Å². The molecule has 0 radical (unpaired) electrons. The van der Waals surface area contributed by atoms with E-state index < -0.39 is 0 Å². The van der Waals surface area contributed by atoms with Crippen molar-refractivity contribution in [2.24, 2.45) is 5.41 Å². The summed E-state index contributed by atoms with van der Waals surface area (Å²) in [6, 6.07) is 9.21. The Labute approximate surface area is 148 Å². The van der Waals surface area contributed by atoms with Crippen molar-refractivity contribution in [2.75, 3.05) is 0 Å². The SMILES string of the molecule is CC1(C)CCC(c2ccc(C(C)(C)C)cc2)=C2C=CC(=[Se])C=C21. The van der Waals surface area contributed by atoms with Gasteiger partial charge in [0.15, 0.2) is 0 Å². The van der Waals surface area contributed by atoms with E-state index in [0.29, 0.717) is 0 Å². The fraction of sp³-hybridized carbons (Fsp3) is 0.409. The van der Waals surface area contributed by atoms with Crippen LogP contribution in [0.15, 0.2) is 53.6 Å². The third kappa shape index (κ3) is 3.23. The van der Waals surface area contributed by atoms with Crippen LogP contribution in [0.3, 0.4) is 0 Å². The summed E-state index contributed by atoms with van der Waals surface area (Å²) in [7, 11) is 0. The second-order valence-electron chi connectivity index (χ2n) is 8.40. The summed E-state index contributed by atoms with van der Waals surface area (Å²) < 4.78 is 1.24. The molecule has 0 aromatic heterocycles. The summed E-state index contributed by atoms with van der Waals surface area (Å²) in [5.41, 5.74) is 7.66. The molecule has 0 spiro atoms. The standard InChI is InChI=1S/C22H26Se/c1-21(2,3)16-8-6-15(7-9-16)18-12-13-22(4,5)20-14-17(23)10-11-19(18)20/h6-11,14H,12-13H2,1-5H3. The second-order valence-corrected chi connectivity index (χ2v) is 9.39. The Morgan fingerprint density at radius 2 is 1.65 bits per heavy atom. The van der Waals surface area contributed by atoms with Crippen LogP contribution in [-0.4, -0.2) is 20.0 Å². The van der Waals surface area contributed by atoms with E-state index in [1.54, 1.807) is 0 Å². The van der Waals surface area contributed by atoms with Gasteiger partial charge in [-0.25, -0.2) is 0 Å². The van der Waals surface area contributed by atoms with E-state index in [1.165, 1.54) is 38.7 Å². The van der Waals surface area contributed by atoms with Crippen molar-refractivity contribution in [1.82, 2.24) is 0 Å². The van der Waals surface area contributed by atoms with Crippen LogP contribution in [0.5, 0.6) is 0 Å². The zero-order chi connectivity index (χ0) is 16.8. The molecule has 3 rings (SSSR count). The number of fused-ring (bicyclic) bond motifs is 1. The molecule has 0 unspecified atom stereocenters. The summed E-state index contributed by atoms with van der Waals surface area (Å²) in [4.78, 5) is 0. The Hall–Kier alpha value is -1.17. The quantitative estimate of drug-likeness (QED) is 0.582. The first-order chi connectivity index (χ1) is 10.7. The van der Waals surface area contributed by atoms with Crippen LogP contribution in [0.4, 0.5) is 0 Å². The number of allylic oxidation sites excluding steroid dienone is 6. The predicted octanol–water partition coefficient (Wildman–Crippen LogP) is 5.39. The van der Waals surface area contributed by atoms with E-state index >= 15 is 0 Å². The molecule has 0 bridgehead atoms. The van der Waals surface area contributed by atoms with Crippen molar-refractivity contribution >= 4 is 25.6 Å². The molecule has 0 N–H and O–H groups in total. The fourth-order valence-electron chi connectivity index (χ4n) is 3.52. The maximum atomic E-state index is 3.16. The molecule has 0 fully saturated rings. The van der Waals surface area contributed by atoms with E-state index in [9.17, 15) is 0 Å². The minimum atomic E-state index is 0.211. The Morgan fingerprint density at radius 3 is 2.26 bits per heavy atom. The predicted molar refractivity (Wildman–Crippen MR) is 103 cm³/mol. The molecule has 2 aliphatic rings. The van der Waals surface area contributed by atoms with Crippen molar-refractivity contribution in [1.29, 1.82) is 0 Å². The van der Waals surface area contributed by atoms with Gasteiger partial charge in [-0.2, -0.15) is 0 Å². The van der Waals surface area contributed by atoms with E-state index in [-0.39, 0.29) is 10.8 Å². The molecule has 120 valence electrons. The van der Waals surface area contributed by atoms with Gasteiger partial charge in [-0.3, -0.25) is 0 Å². The average molecular weight is 369 g/mol. The molecule has 0 saturated heterocycles. The number of rotatable bonds is 1. The van der Waals surface area contributed by atoms with Gasteiger partial charge in [0, 0.05) is 0 Å². The Bertz CT molecular complexity index is 731. The zero-order valence-electron chi connectivity index (χ0n) is 14.9. The summed E-state index contributed by atoms with van der Waals surface area (Å²) in [5.74, 6) is 0. The van der Waals surface area contributed by atoms with Crippen molar-refractivity contribution in [2.45, 2.75) is 52.9 Å². The number of benzene rings is 1. The van der Waals surface area contributed by atoms with Crippen LogP contribution in [0.1, 0.15) is 58.6 Å². The van der Waals surface area contributed by atoms with Gasteiger partial charge in [-0.15, -0.1) is 0 Å². The van der Waals surface area contributed by atoms with E-state index in [4.69, 9.17) is 0 Å². The van der Waals surface area contributed by atoms with Crippen LogP contribution >= 0.6 is 0 Å². The molecule has 23 heavy (non-hydrogen) atoms. The molecule has 0 atom stereocenters. The summed E-state index contributed by atoms with van der Waals surface area (Å²) in [6.07, 6.45) is 9.19. The van der Waals surface area contributed by atoms with Gasteiger partial charge < -0.3 is 0 Å². The van der Waals surface area contributed by atoms with Crippen LogP contribution in [0.2, 0.25) is 0 Å². The molecule has 0 nitrogen and oxygen atoms in total. The van der Waals surface area contributed by atoms with Crippen LogP contribution < -0.4 is 0 Å². The van der Waals surface area contributed by atoms with E-state index in [0.717, 1.165) is 6.42 Å². The van der Waals surface area contributed by atoms with Crippen molar-refractivity contribution in [3.05, 3.63) is 64.8 Å². The molecule has 0 amide bonds. The second kappa shape index (κ2) is 5.72. The Balaban J connectivity index is 2.07. The number of hydrogen-bond donors (Lipinski definition) is 0. The Kier molecular flexibility index (Phi) is 4.15. The molecule has 0 heterocycles. The first-order valence-electron chi connectivity index (χ1n) is 8.47. The Morgan fingerprint density at radius 1 is 1.00 bits per heavy atom. The topological polar surface area (TPSA) is 0 Å². The van der Waals surface area contributed by atoms with Crippen molar-refractivity contribution in [3.63, 3.8) is 0 Å². The van der Waals surface area contributed by atoms with Gasteiger partial charge in [-0.1, -0.05) is 0 Å². The molecular formula is C22H26Se. The van der Waals surface area contributed by atoms with Crippen LogP contribution in [-0.2, 0) is 5.41 Å². The fourth-order valence-corrected chi connectivity index (χ4v) is 3.91. The van der Waals surface area contributed by atoms with Gasteiger partial charge in [0.25, 0.3) is 0 Å². The zero-order valence-corrected chi connectivity index (χ0v) is 16.6. The monoisotopic (exact) mass is 370 g/mol. The molecule has 0 aliphatic heterocycles. The molecule has 1 heteroatoms. The van der Waals surface area contributed by atoms with E-state index in [1.807, 2.05) is 0 Å². The van der Waals surface area contributed by atoms with Gasteiger partial charge in [0.05, 0.1) is 0 Å². The third-order valence-corrected chi connectivity index (χ3v) is 5.68. The van der Waals surface area contributed by atoms with Crippen LogP contribution in [0.25, 0.3) is 5.57 Å². The van der Waals surface area contributed by atoms with Gasteiger partial charge in [0.2, 0.25) is 0 Å². The number of hydrogen-bond acceptors (Lipinski definition) is 0. The first kappa shape index (κ1) is 16.7. The summed E-state index contributed by atoms with van der Waals surface area (Å²) >= 11 is 3.16. The minimum absolute atomic E-state index is 0.211. The molecule has 1 aromatic rings. The van der Waals surface area contributed by atoms with Crippen LogP contribution in [0, 0.1) is 5.41 Å². The van der Waals surface area contributed by atoms with Gasteiger partial charge in [0.1, 0.15) is 0 Å². The maximum absolute atomic E-state index is 3.16. The molecular weight excluding hydrogens is 343 g/mol. The van der Waals surface area contributed by atoms with Crippen molar-refractivity contribution in [3.8, 4) is 0 Å². The summed E-state index contributed by atoms with van der Waals surface area (Å²) in [5, 5.41) is 0. The van der Waals surface area contributed by atoms with E-state index in [2.05, 4.69) is 92.7 Å².